The van der Waals surface area contributed by atoms with Gasteiger partial charge in [0.1, 0.15) is 5.58 Å². The molecule has 0 aliphatic heterocycles. The predicted octanol–water partition coefficient (Wildman–Crippen LogP) is 5.44. The van der Waals surface area contributed by atoms with Crippen molar-refractivity contribution in [2.75, 3.05) is 10.6 Å². The number of benzene rings is 2. The number of hydrogen-bond acceptors (Lipinski definition) is 4. The first-order valence-corrected chi connectivity index (χ1v) is 9.89. The summed E-state index contributed by atoms with van der Waals surface area (Å²) in [5.74, 6) is -0.383. The topological polar surface area (TPSA) is 71.3 Å². The summed E-state index contributed by atoms with van der Waals surface area (Å²) in [6.45, 7) is 0. The molecule has 1 heterocycles. The van der Waals surface area contributed by atoms with E-state index < -0.39 is 5.63 Å². The Balaban J connectivity index is 1.74. The van der Waals surface area contributed by atoms with Crippen molar-refractivity contribution < 1.29 is 9.21 Å². The zero-order valence-corrected chi connectivity index (χ0v) is 16.1. The van der Waals surface area contributed by atoms with Gasteiger partial charge in [0.25, 0.3) is 5.91 Å². The van der Waals surface area contributed by atoms with Crippen molar-refractivity contribution in [3.63, 3.8) is 0 Å². The predicted molar refractivity (Wildman–Crippen MR) is 112 cm³/mol. The van der Waals surface area contributed by atoms with Gasteiger partial charge < -0.3 is 15.1 Å². The lowest BCUT2D eigenvalue weighted by molar-refractivity contribution is 0.102. The molecule has 1 aromatic heterocycles. The van der Waals surface area contributed by atoms with E-state index in [1.165, 1.54) is 6.42 Å². The van der Waals surface area contributed by atoms with Crippen LogP contribution in [0.4, 0.5) is 11.4 Å². The fourth-order valence-corrected chi connectivity index (χ4v) is 3.78. The van der Waals surface area contributed by atoms with Gasteiger partial charge in [-0.3, -0.25) is 4.79 Å². The van der Waals surface area contributed by atoms with Crippen LogP contribution in [-0.4, -0.2) is 11.9 Å². The zero-order valence-electron chi connectivity index (χ0n) is 15.3. The molecular formula is C22H21ClN2O3. The Morgan fingerprint density at radius 2 is 1.68 bits per heavy atom. The molecule has 0 unspecified atom stereocenters. The second-order valence-corrected chi connectivity index (χ2v) is 7.51. The molecule has 6 heteroatoms. The van der Waals surface area contributed by atoms with Crippen molar-refractivity contribution in [3.8, 4) is 0 Å². The number of carbonyl (C=O) groups excluding carboxylic acids is 1. The number of anilines is 2. The van der Waals surface area contributed by atoms with Crippen LogP contribution in [0.3, 0.4) is 0 Å². The van der Waals surface area contributed by atoms with Gasteiger partial charge in [0.15, 0.2) is 5.69 Å². The lowest BCUT2D eigenvalue weighted by atomic mass is 9.95. The van der Waals surface area contributed by atoms with Gasteiger partial charge in [0.2, 0.25) is 0 Å². The first kappa shape index (κ1) is 18.6. The fraction of sp³-hybridized carbons (Fsp3) is 0.273. The summed E-state index contributed by atoms with van der Waals surface area (Å²) >= 11 is 5.89. The lowest BCUT2D eigenvalue weighted by Gasteiger charge is -2.25. The van der Waals surface area contributed by atoms with Crippen molar-refractivity contribution in [3.05, 3.63) is 69.5 Å². The molecule has 5 nitrogen and oxygen atoms in total. The smallest absolute Gasteiger partial charge is 0.362 e. The lowest BCUT2D eigenvalue weighted by Crippen LogP contribution is -2.26. The van der Waals surface area contributed by atoms with Crippen LogP contribution in [0.2, 0.25) is 5.02 Å². The van der Waals surface area contributed by atoms with Gasteiger partial charge in [0, 0.05) is 22.0 Å². The quantitative estimate of drug-likeness (QED) is 0.576. The molecule has 3 aromatic rings. The van der Waals surface area contributed by atoms with Gasteiger partial charge in [-0.1, -0.05) is 43.0 Å². The standard InChI is InChI=1S/C22H21ClN2O3/c23-15-12-10-14(11-13-15)21(26)25-20-19(24-16-6-2-1-3-7-16)17-8-4-5-9-18(17)28-22(20)27/h4-5,8-13,16,24H,1-3,6-7H2,(H,25,26). The highest BCUT2D eigenvalue weighted by Crippen LogP contribution is 2.32. The molecule has 4 rings (SSSR count). The maximum Gasteiger partial charge on any atom is 0.362 e. The van der Waals surface area contributed by atoms with Gasteiger partial charge in [0.05, 0.1) is 5.69 Å². The molecule has 0 saturated heterocycles. The Kier molecular flexibility index (Phi) is 5.35. The Labute approximate surface area is 167 Å². The number of fused-ring (bicyclic) bond motifs is 1. The van der Waals surface area contributed by atoms with Gasteiger partial charge >= 0.3 is 5.63 Å². The number of amides is 1. The van der Waals surface area contributed by atoms with Crippen LogP contribution in [0.25, 0.3) is 11.0 Å². The summed E-state index contributed by atoms with van der Waals surface area (Å²) in [6, 6.07) is 14.1. The van der Waals surface area contributed by atoms with Crippen molar-refractivity contribution in [1.29, 1.82) is 0 Å². The number of hydrogen-bond donors (Lipinski definition) is 2. The SMILES string of the molecule is O=C(Nc1c(NC2CCCCC2)c2ccccc2oc1=O)c1ccc(Cl)cc1. The third-order valence-electron chi connectivity index (χ3n) is 5.11. The normalized spacial score (nSPS) is 14.8. The summed E-state index contributed by atoms with van der Waals surface area (Å²) < 4.78 is 5.45. The summed E-state index contributed by atoms with van der Waals surface area (Å²) in [5, 5.41) is 7.57. The largest absolute Gasteiger partial charge is 0.421 e. The molecule has 0 radical (unpaired) electrons. The van der Waals surface area contributed by atoms with Crippen LogP contribution in [-0.2, 0) is 0 Å². The van der Waals surface area contributed by atoms with E-state index in [-0.39, 0.29) is 17.6 Å². The molecule has 144 valence electrons. The molecule has 1 fully saturated rings. The number of rotatable bonds is 4. The highest BCUT2D eigenvalue weighted by molar-refractivity contribution is 6.30. The second kappa shape index (κ2) is 8.07. The average Bonchev–Trinajstić information content (AvgIpc) is 2.71. The fourth-order valence-electron chi connectivity index (χ4n) is 3.65. The Bertz CT molecular complexity index is 1050. The highest BCUT2D eigenvalue weighted by atomic mass is 35.5. The van der Waals surface area contributed by atoms with E-state index in [0.29, 0.717) is 21.9 Å². The Hall–Kier alpha value is -2.79. The Morgan fingerprint density at radius 1 is 0.964 bits per heavy atom. The van der Waals surface area contributed by atoms with Crippen LogP contribution >= 0.6 is 11.6 Å². The summed E-state index contributed by atoms with van der Waals surface area (Å²) in [5.41, 5.74) is 1.11. The van der Waals surface area contributed by atoms with Crippen LogP contribution in [0.15, 0.2) is 57.7 Å². The second-order valence-electron chi connectivity index (χ2n) is 7.08. The Morgan fingerprint density at radius 3 is 2.43 bits per heavy atom. The monoisotopic (exact) mass is 396 g/mol. The average molecular weight is 397 g/mol. The number of para-hydroxylation sites is 1. The summed E-state index contributed by atoms with van der Waals surface area (Å²) in [4.78, 5) is 25.4. The number of nitrogens with one attached hydrogen (secondary N) is 2. The first-order chi connectivity index (χ1) is 13.6. The van der Waals surface area contributed by atoms with Crippen LogP contribution in [0, 0.1) is 0 Å². The van der Waals surface area contributed by atoms with Crippen LogP contribution in [0.5, 0.6) is 0 Å². The van der Waals surface area contributed by atoms with E-state index in [0.717, 1.165) is 31.1 Å². The molecule has 0 atom stereocenters. The first-order valence-electron chi connectivity index (χ1n) is 9.51. The summed E-state index contributed by atoms with van der Waals surface area (Å²) in [6.07, 6.45) is 5.63. The number of carbonyl (C=O) groups is 1. The molecule has 0 bridgehead atoms. The van der Waals surface area contributed by atoms with E-state index in [9.17, 15) is 9.59 Å². The van der Waals surface area contributed by atoms with E-state index in [4.69, 9.17) is 16.0 Å². The van der Waals surface area contributed by atoms with Gasteiger partial charge in [-0.15, -0.1) is 0 Å². The minimum absolute atomic E-state index is 0.143. The molecule has 1 amide bonds. The maximum atomic E-state index is 12.7. The highest BCUT2D eigenvalue weighted by Gasteiger charge is 2.21. The minimum Gasteiger partial charge on any atom is -0.421 e. The summed E-state index contributed by atoms with van der Waals surface area (Å²) in [7, 11) is 0. The van der Waals surface area contributed by atoms with Crippen molar-refractivity contribution in [2.45, 2.75) is 38.1 Å². The van der Waals surface area contributed by atoms with Crippen molar-refractivity contribution in [2.24, 2.45) is 0 Å². The molecule has 1 aliphatic carbocycles. The molecule has 28 heavy (non-hydrogen) atoms. The molecule has 1 aliphatic rings. The van der Waals surface area contributed by atoms with Gasteiger partial charge in [-0.2, -0.15) is 0 Å². The van der Waals surface area contributed by atoms with E-state index >= 15 is 0 Å². The number of halogens is 1. The molecule has 0 spiro atoms. The van der Waals surface area contributed by atoms with Crippen molar-refractivity contribution in [1.82, 2.24) is 0 Å². The van der Waals surface area contributed by atoms with E-state index in [1.807, 2.05) is 18.2 Å². The van der Waals surface area contributed by atoms with Gasteiger partial charge in [-0.25, -0.2) is 4.79 Å². The zero-order chi connectivity index (χ0) is 19.5. The third kappa shape index (κ3) is 3.90. The molecule has 2 aromatic carbocycles. The van der Waals surface area contributed by atoms with Crippen molar-refractivity contribution >= 4 is 39.9 Å². The van der Waals surface area contributed by atoms with Crippen LogP contribution < -0.4 is 16.3 Å². The minimum atomic E-state index is -0.570. The van der Waals surface area contributed by atoms with Crippen LogP contribution in [0.1, 0.15) is 42.5 Å². The van der Waals surface area contributed by atoms with E-state index in [2.05, 4.69) is 10.6 Å². The van der Waals surface area contributed by atoms with E-state index in [1.54, 1.807) is 30.3 Å². The maximum absolute atomic E-state index is 12.7. The molecule has 1 saturated carbocycles. The molecular weight excluding hydrogens is 376 g/mol. The van der Waals surface area contributed by atoms with Gasteiger partial charge in [-0.05, 0) is 49.2 Å². The third-order valence-corrected chi connectivity index (χ3v) is 5.36. The molecule has 2 N–H and O–H groups in total.